The van der Waals surface area contributed by atoms with Crippen LogP contribution in [-0.4, -0.2) is 20.1 Å². The summed E-state index contributed by atoms with van der Waals surface area (Å²) >= 11 is 1.68. The highest BCUT2D eigenvalue weighted by molar-refractivity contribution is 7.11. The molecule has 2 heterocycles. The number of nitrogens with one attached hydrogen (secondary N) is 1. The van der Waals surface area contributed by atoms with Gasteiger partial charge in [0.05, 0.1) is 19.9 Å². The fraction of sp³-hybridized carbons (Fsp3) is 0.190. The van der Waals surface area contributed by atoms with Crippen molar-refractivity contribution in [3.05, 3.63) is 64.4 Å². The van der Waals surface area contributed by atoms with Crippen molar-refractivity contribution in [2.24, 2.45) is 0 Å². The van der Waals surface area contributed by atoms with Gasteiger partial charge in [0.15, 0.2) is 0 Å². The molecule has 0 spiro atoms. The highest BCUT2D eigenvalue weighted by Gasteiger charge is 2.31. The van der Waals surface area contributed by atoms with Crippen molar-refractivity contribution in [2.75, 3.05) is 19.5 Å². The summed E-state index contributed by atoms with van der Waals surface area (Å²) in [6, 6.07) is 15.8. The lowest BCUT2D eigenvalue weighted by Crippen LogP contribution is -2.22. The van der Waals surface area contributed by atoms with Crippen LogP contribution in [0, 0.1) is 0 Å². The van der Waals surface area contributed by atoms with E-state index < -0.39 is 0 Å². The van der Waals surface area contributed by atoms with Gasteiger partial charge in [0.2, 0.25) is 5.91 Å². The molecule has 132 valence electrons. The normalized spacial score (nSPS) is 15.9. The van der Waals surface area contributed by atoms with Crippen LogP contribution in [-0.2, 0) is 4.79 Å². The molecule has 2 aromatic carbocycles. The summed E-state index contributed by atoms with van der Waals surface area (Å²) < 4.78 is 10.8. The van der Waals surface area contributed by atoms with Gasteiger partial charge in [-0.05, 0) is 23.8 Å². The summed E-state index contributed by atoms with van der Waals surface area (Å²) in [6.07, 6.45) is 0.427. The van der Waals surface area contributed by atoms with Crippen LogP contribution >= 0.6 is 11.3 Å². The maximum atomic E-state index is 12.4. The summed E-state index contributed by atoms with van der Waals surface area (Å²) in [5.41, 5.74) is 4.06. The Bertz CT molecular complexity index is 946. The minimum atomic E-state index is 0.00639. The van der Waals surface area contributed by atoms with Crippen LogP contribution in [0.3, 0.4) is 0 Å². The Morgan fingerprint density at radius 2 is 1.81 bits per heavy atom. The number of ether oxygens (including phenoxy) is 2. The van der Waals surface area contributed by atoms with Crippen molar-refractivity contribution in [3.63, 3.8) is 0 Å². The number of anilines is 1. The molecule has 5 heteroatoms. The van der Waals surface area contributed by atoms with Crippen LogP contribution in [0.1, 0.15) is 22.8 Å². The van der Waals surface area contributed by atoms with Crippen molar-refractivity contribution in [1.29, 1.82) is 0 Å². The van der Waals surface area contributed by atoms with E-state index in [1.165, 1.54) is 4.88 Å². The van der Waals surface area contributed by atoms with Crippen LogP contribution in [0.25, 0.3) is 11.1 Å². The summed E-state index contributed by atoms with van der Waals surface area (Å²) in [5.74, 6) is 1.67. The maximum Gasteiger partial charge on any atom is 0.225 e. The Labute approximate surface area is 156 Å². The van der Waals surface area contributed by atoms with Crippen molar-refractivity contribution < 1.29 is 14.3 Å². The van der Waals surface area contributed by atoms with E-state index in [1.807, 2.05) is 48.5 Å². The van der Waals surface area contributed by atoms with Crippen LogP contribution in [0.2, 0.25) is 0 Å². The zero-order valence-electron chi connectivity index (χ0n) is 14.6. The molecule has 4 nitrogen and oxygen atoms in total. The number of hydrogen-bond donors (Lipinski definition) is 1. The lowest BCUT2D eigenvalue weighted by molar-refractivity contribution is -0.116. The number of thiophene rings is 1. The minimum Gasteiger partial charge on any atom is -0.497 e. The number of fused-ring (bicyclic) bond motifs is 1. The Hall–Kier alpha value is -2.79. The second-order valence-corrected chi connectivity index (χ2v) is 7.08. The molecule has 0 bridgehead atoms. The third-order valence-corrected chi connectivity index (χ3v) is 5.80. The molecule has 3 aromatic rings. The number of para-hydroxylation sites is 1. The van der Waals surface area contributed by atoms with Gasteiger partial charge in [0, 0.05) is 33.7 Å². The SMILES string of the molecule is COc1ccc(-c2csc3c2NC(=O)CC3c2ccccc2OC)cc1. The minimum absolute atomic E-state index is 0.00639. The number of carbonyl (C=O) groups is 1. The van der Waals surface area contributed by atoms with Gasteiger partial charge in [-0.3, -0.25) is 4.79 Å². The number of amides is 1. The van der Waals surface area contributed by atoms with Gasteiger partial charge in [-0.25, -0.2) is 0 Å². The van der Waals surface area contributed by atoms with E-state index in [2.05, 4.69) is 10.7 Å². The molecule has 0 saturated heterocycles. The largest absolute Gasteiger partial charge is 0.497 e. The standard InChI is InChI=1S/C21H19NO3S/c1-24-14-9-7-13(8-10-14)17-12-26-21-16(11-19(23)22-20(17)21)15-5-3-4-6-18(15)25-2/h3-10,12,16H,11H2,1-2H3,(H,22,23). The van der Waals surface area contributed by atoms with Gasteiger partial charge in [0.1, 0.15) is 11.5 Å². The van der Waals surface area contributed by atoms with E-state index in [-0.39, 0.29) is 11.8 Å². The molecule has 1 aliphatic rings. The van der Waals surface area contributed by atoms with Crippen LogP contribution in [0.15, 0.2) is 53.9 Å². The van der Waals surface area contributed by atoms with Crippen LogP contribution < -0.4 is 14.8 Å². The van der Waals surface area contributed by atoms with E-state index in [0.29, 0.717) is 6.42 Å². The third-order valence-electron chi connectivity index (χ3n) is 4.71. The van der Waals surface area contributed by atoms with Crippen LogP contribution in [0.4, 0.5) is 5.69 Å². The van der Waals surface area contributed by atoms with E-state index in [1.54, 1.807) is 25.6 Å². The van der Waals surface area contributed by atoms with E-state index in [9.17, 15) is 4.79 Å². The molecule has 0 radical (unpaired) electrons. The number of methoxy groups -OCH3 is 2. The Balaban J connectivity index is 1.80. The Morgan fingerprint density at radius 1 is 1.04 bits per heavy atom. The highest BCUT2D eigenvalue weighted by atomic mass is 32.1. The van der Waals surface area contributed by atoms with E-state index in [0.717, 1.165) is 33.9 Å². The van der Waals surface area contributed by atoms with Gasteiger partial charge in [-0.1, -0.05) is 30.3 Å². The maximum absolute atomic E-state index is 12.4. The first-order valence-corrected chi connectivity index (χ1v) is 9.27. The molecular weight excluding hydrogens is 346 g/mol. The van der Waals surface area contributed by atoms with Crippen LogP contribution in [0.5, 0.6) is 11.5 Å². The summed E-state index contributed by atoms with van der Waals surface area (Å²) in [7, 11) is 3.32. The smallest absolute Gasteiger partial charge is 0.225 e. The quantitative estimate of drug-likeness (QED) is 0.715. The molecule has 4 rings (SSSR count). The lowest BCUT2D eigenvalue weighted by Gasteiger charge is -2.25. The first kappa shape index (κ1) is 16.7. The number of benzene rings is 2. The third kappa shape index (κ3) is 2.84. The molecule has 26 heavy (non-hydrogen) atoms. The summed E-state index contributed by atoms with van der Waals surface area (Å²) in [4.78, 5) is 13.6. The Morgan fingerprint density at radius 3 is 2.54 bits per heavy atom. The number of rotatable bonds is 4. The number of hydrogen-bond acceptors (Lipinski definition) is 4. The van der Waals surface area contributed by atoms with Crippen molar-refractivity contribution in [2.45, 2.75) is 12.3 Å². The van der Waals surface area contributed by atoms with Gasteiger partial charge < -0.3 is 14.8 Å². The molecule has 1 unspecified atom stereocenters. The fourth-order valence-corrected chi connectivity index (χ4v) is 4.57. The molecule has 0 aliphatic carbocycles. The molecule has 1 aliphatic heterocycles. The highest BCUT2D eigenvalue weighted by Crippen LogP contribution is 2.48. The number of carbonyl (C=O) groups excluding carboxylic acids is 1. The monoisotopic (exact) mass is 365 g/mol. The first-order chi connectivity index (χ1) is 12.7. The van der Waals surface area contributed by atoms with Gasteiger partial charge >= 0.3 is 0 Å². The van der Waals surface area contributed by atoms with Gasteiger partial charge in [-0.2, -0.15) is 0 Å². The van der Waals surface area contributed by atoms with Gasteiger partial charge in [-0.15, -0.1) is 11.3 Å². The molecule has 0 saturated carbocycles. The van der Waals surface area contributed by atoms with E-state index in [4.69, 9.17) is 9.47 Å². The van der Waals surface area contributed by atoms with Gasteiger partial charge in [0.25, 0.3) is 0 Å². The molecule has 1 N–H and O–H groups in total. The first-order valence-electron chi connectivity index (χ1n) is 8.40. The second-order valence-electron chi connectivity index (χ2n) is 6.16. The average molecular weight is 365 g/mol. The lowest BCUT2D eigenvalue weighted by atomic mass is 9.88. The Kier molecular flexibility index (Phi) is 4.39. The topological polar surface area (TPSA) is 47.6 Å². The van der Waals surface area contributed by atoms with Crippen molar-refractivity contribution in [3.8, 4) is 22.6 Å². The predicted octanol–water partition coefficient (Wildman–Crippen LogP) is 4.91. The molecule has 1 atom stereocenters. The molecule has 0 fully saturated rings. The second kappa shape index (κ2) is 6.84. The predicted molar refractivity (Wildman–Crippen MR) is 104 cm³/mol. The van der Waals surface area contributed by atoms with E-state index >= 15 is 0 Å². The molecule has 1 aromatic heterocycles. The van der Waals surface area contributed by atoms with Crippen molar-refractivity contribution in [1.82, 2.24) is 0 Å². The molecule has 1 amide bonds. The fourth-order valence-electron chi connectivity index (χ4n) is 3.42. The summed E-state index contributed by atoms with van der Waals surface area (Å²) in [6.45, 7) is 0. The van der Waals surface area contributed by atoms with Crippen molar-refractivity contribution >= 4 is 22.9 Å². The molecular formula is C21H19NO3S. The summed E-state index contributed by atoms with van der Waals surface area (Å²) in [5, 5.41) is 5.18. The zero-order chi connectivity index (χ0) is 18.1. The zero-order valence-corrected chi connectivity index (χ0v) is 15.4. The average Bonchev–Trinajstić information content (AvgIpc) is 3.11.